The number of amides is 1. The topological polar surface area (TPSA) is 60.3 Å². The summed E-state index contributed by atoms with van der Waals surface area (Å²) < 4.78 is 7.63. The van der Waals surface area contributed by atoms with Crippen LogP contribution in [0.1, 0.15) is 34.0 Å². The summed E-state index contributed by atoms with van der Waals surface area (Å²) in [5.74, 6) is 0.857. The van der Waals surface area contributed by atoms with Crippen molar-refractivity contribution in [2.24, 2.45) is 0 Å². The largest absolute Gasteiger partial charge is 0.456 e. The third-order valence-electron chi connectivity index (χ3n) is 4.53. The molecule has 0 radical (unpaired) electrons. The van der Waals surface area contributed by atoms with Gasteiger partial charge in [-0.1, -0.05) is 23.8 Å². The van der Waals surface area contributed by atoms with Gasteiger partial charge in [-0.3, -0.25) is 9.59 Å². The second-order valence-corrected chi connectivity index (χ2v) is 6.86. The number of hydrogen-bond donors (Lipinski definition) is 1. The van der Waals surface area contributed by atoms with Gasteiger partial charge >= 0.3 is 0 Å². The number of nitrogens with one attached hydrogen (secondary N) is 1. The fourth-order valence-corrected chi connectivity index (χ4v) is 2.98. The summed E-state index contributed by atoms with van der Waals surface area (Å²) in [7, 11) is 0. The molecule has 0 spiro atoms. The molecule has 2 aromatic carbocycles. The first-order valence-electron chi connectivity index (χ1n) is 9.25. The van der Waals surface area contributed by atoms with Gasteiger partial charge in [0.05, 0.1) is 5.56 Å². The van der Waals surface area contributed by atoms with Gasteiger partial charge in [0.2, 0.25) is 0 Å². The van der Waals surface area contributed by atoms with Crippen molar-refractivity contribution >= 4 is 11.6 Å². The molecule has 0 saturated carbocycles. The normalized spacial score (nSPS) is 10.6. The quantitative estimate of drug-likeness (QED) is 0.693. The Balaban J connectivity index is 1.90. The lowest BCUT2D eigenvalue weighted by Crippen LogP contribution is -2.20. The van der Waals surface area contributed by atoms with Gasteiger partial charge in [-0.25, -0.2) is 0 Å². The van der Waals surface area contributed by atoms with E-state index in [4.69, 9.17) is 4.74 Å². The van der Waals surface area contributed by atoms with Crippen LogP contribution >= 0.6 is 0 Å². The number of anilines is 1. The highest BCUT2D eigenvalue weighted by molar-refractivity contribution is 6.06. The first kappa shape index (κ1) is 19.4. The van der Waals surface area contributed by atoms with Gasteiger partial charge in [-0.15, -0.1) is 0 Å². The highest BCUT2D eigenvalue weighted by atomic mass is 16.5. The summed E-state index contributed by atoms with van der Waals surface area (Å²) in [6, 6.07) is 14.5. The molecule has 0 fully saturated rings. The molecule has 0 atom stereocenters. The third kappa shape index (κ3) is 4.31. The maximum atomic E-state index is 12.8. The average Bonchev–Trinajstić information content (AvgIpc) is 2.64. The summed E-state index contributed by atoms with van der Waals surface area (Å²) in [5.41, 5.74) is 3.84. The van der Waals surface area contributed by atoms with Crippen LogP contribution in [0.4, 0.5) is 5.69 Å². The third-order valence-corrected chi connectivity index (χ3v) is 4.53. The fraction of sp³-hybridized carbons (Fsp3) is 0.217. The van der Waals surface area contributed by atoms with E-state index >= 15 is 0 Å². The summed E-state index contributed by atoms with van der Waals surface area (Å²) in [6.07, 6.45) is 1.67. The molecule has 0 bridgehead atoms. The van der Waals surface area contributed by atoms with E-state index < -0.39 is 0 Å². The Labute approximate surface area is 164 Å². The summed E-state index contributed by atoms with van der Waals surface area (Å²) in [6.45, 7) is 8.41. The van der Waals surface area contributed by atoms with Crippen LogP contribution in [0.2, 0.25) is 0 Å². The van der Waals surface area contributed by atoms with E-state index in [1.807, 2.05) is 58.0 Å². The summed E-state index contributed by atoms with van der Waals surface area (Å²) in [5, 5.41) is 2.79. The lowest BCUT2D eigenvalue weighted by molar-refractivity contribution is 0.102. The van der Waals surface area contributed by atoms with Crippen molar-refractivity contribution in [1.82, 2.24) is 4.57 Å². The molecule has 1 N–H and O–H groups in total. The predicted octanol–water partition coefficient (Wildman–Crippen LogP) is 4.84. The number of nitrogens with zero attached hydrogens (tertiary/aromatic N) is 1. The van der Waals surface area contributed by atoms with Gasteiger partial charge in [0.25, 0.3) is 11.5 Å². The number of benzene rings is 2. The molecule has 1 heterocycles. The van der Waals surface area contributed by atoms with Crippen molar-refractivity contribution < 1.29 is 9.53 Å². The molecule has 28 heavy (non-hydrogen) atoms. The van der Waals surface area contributed by atoms with Gasteiger partial charge in [-0.2, -0.15) is 0 Å². The second-order valence-electron chi connectivity index (χ2n) is 6.86. The van der Waals surface area contributed by atoms with E-state index in [0.29, 0.717) is 29.3 Å². The maximum absolute atomic E-state index is 12.8. The molecule has 0 aliphatic carbocycles. The zero-order valence-corrected chi connectivity index (χ0v) is 16.6. The number of carbonyl (C=O) groups is 1. The zero-order chi connectivity index (χ0) is 20.3. The van der Waals surface area contributed by atoms with E-state index in [2.05, 4.69) is 5.32 Å². The Morgan fingerprint density at radius 3 is 2.36 bits per heavy atom. The molecule has 3 aromatic rings. The predicted molar refractivity (Wildman–Crippen MR) is 111 cm³/mol. The Bertz CT molecular complexity index is 1080. The van der Waals surface area contributed by atoms with Crippen molar-refractivity contribution in [3.63, 3.8) is 0 Å². The van der Waals surface area contributed by atoms with E-state index in [9.17, 15) is 9.59 Å². The van der Waals surface area contributed by atoms with Crippen LogP contribution in [0.25, 0.3) is 0 Å². The lowest BCUT2D eigenvalue weighted by Gasteiger charge is -2.14. The van der Waals surface area contributed by atoms with Gasteiger partial charge in [0, 0.05) is 24.5 Å². The molecule has 1 aromatic heterocycles. The monoisotopic (exact) mass is 376 g/mol. The molecule has 0 unspecified atom stereocenters. The van der Waals surface area contributed by atoms with Gasteiger partial charge in [0.15, 0.2) is 0 Å². The molecule has 3 rings (SSSR count). The highest BCUT2D eigenvalue weighted by Gasteiger charge is 2.15. The van der Waals surface area contributed by atoms with Crippen LogP contribution < -0.4 is 15.6 Å². The van der Waals surface area contributed by atoms with Gasteiger partial charge in [-0.05, 0) is 63.1 Å². The fourth-order valence-electron chi connectivity index (χ4n) is 2.98. The van der Waals surface area contributed by atoms with Gasteiger partial charge in [0.1, 0.15) is 11.5 Å². The SMILES string of the molecule is CCn1ccc(NC(=O)c2ccc(C)cc2Oc2ccc(C)cc2C)cc1=O. The van der Waals surface area contributed by atoms with Crippen molar-refractivity contribution in [1.29, 1.82) is 0 Å². The first-order chi connectivity index (χ1) is 13.4. The van der Waals surface area contributed by atoms with Crippen LogP contribution in [0.3, 0.4) is 0 Å². The standard InChI is InChI=1S/C23H24N2O3/c1-5-25-11-10-18(14-22(25)26)24-23(27)19-8-6-16(3)13-21(19)28-20-9-7-15(2)12-17(20)4/h6-14H,5H2,1-4H3,(H,24,27). The Morgan fingerprint density at radius 2 is 1.68 bits per heavy atom. The number of ether oxygens (including phenoxy) is 1. The number of carbonyl (C=O) groups excluding carboxylic acids is 1. The Morgan fingerprint density at radius 1 is 0.964 bits per heavy atom. The molecule has 1 amide bonds. The van der Waals surface area contributed by atoms with Crippen LogP contribution in [-0.4, -0.2) is 10.5 Å². The minimum atomic E-state index is -0.326. The molecular weight excluding hydrogens is 352 g/mol. The molecule has 0 aliphatic rings. The summed E-state index contributed by atoms with van der Waals surface area (Å²) in [4.78, 5) is 24.8. The second kappa shape index (κ2) is 8.13. The van der Waals surface area contributed by atoms with E-state index in [0.717, 1.165) is 16.7 Å². The minimum Gasteiger partial charge on any atom is -0.456 e. The highest BCUT2D eigenvalue weighted by Crippen LogP contribution is 2.30. The van der Waals surface area contributed by atoms with E-state index in [1.54, 1.807) is 22.9 Å². The van der Waals surface area contributed by atoms with Crippen LogP contribution in [-0.2, 0) is 6.54 Å². The van der Waals surface area contributed by atoms with Crippen molar-refractivity contribution in [3.05, 3.63) is 87.3 Å². The van der Waals surface area contributed by atoms with Gasteiger partial charge < -0.3 is 14.6 Å². The van der Waals surface area contributed by atoms with Crippen LogP contribution in [0.15, 0.2) is 59.5 Å². The van der Waals surface area contributed by atoms with Crippen LogP contribution in [0, 0.1) is 20.8 Å². The molecule has 144 valence electrons. The molecule has 5 nitrogen and oxygen atoms in total. The first-order valence-corrected chi connectivity index (χ1v) is 9.25. The minimum absolute atomic E-state index is 0.157. The molecule has 5 heteroatoms. The van der Waals surface area contributed by atoms with E-state index in [1.165, 1.54) is 6.07 Å². The molecule has 0 aliphatic heterocycles. The van der Waals surface area contributed by atoms with Crippen molar-refractivity contribution in [2.45, 2.75) is 34.2 Å². The molecular formula is C23H24N2O3. The van der Waals surface area contributed by atoms with Crippen molar-refractivity contribution in [3.8, 4) is 11.5 Å². The average molecular weight is 376 g/mol. The zero-order valence-electron chi connectivity index (χ0n) is 16.6. The Kier molecular flexibility index (Phi) is 5.64. The number of aromatic nitrogens is 1. The number of hydrogen-bond acceptors (Lipinski definition) is 3. The smallest absolute Gasteiger partial charge is 0.259 e. The van der Waals surface area contributed by atoms with Crippen LogP contribution in [0.5, 0.6) is 11.5 Å². The van der Waals surface area contributed by atoms with Crippen molar-refractivity contribution in [2.75, 3.05) is 5.32 Å². The van der Waals surface area contributed by atoms with E-state index in [-0.39, 0.29) is 11.5 Å². The number of aryl methyl sites for hydroxylation is 4. The maximum Gasteiger partial charge on any atom is 0.259 e. The summed E-state index contributed by atoms with van der Waals surface area (Å²) >= 11 is 0. The molecule has 0 saturated heterocycles. The lowest BCUT2D eigenvalue weighted by atomic mass is 10.1. The number of pyridine rings is 1. The Hall–Kier alpha value is -3.34. The number of rotatable bonds is 5.